The van der Waals surface area contributed by atoms with E-state index < -0.39 is 0 Å². The molecular formula is C20H25N5OS. The van der Waals surface area contributed by atoms with E-state index in [1.165, 1.54) is 12.8 Å². The second kappa shape index (κ2) is 7.78. The largest absolute Gasteiger partial charge is 0.352 e. The van der Waals surface area contributed by atoms with Gasteiger partial charge >= 0.3 is 0 Å². The van der Waals surface area contributed by atoms with Crippen molar-refractivity contribution in [1.82, 2.24) is 25.4 Å². The predicted octanol–water partition coefficient (Wildman–Crippen LogP) is 3.12. The van der Waals surface area contributed by atoms with Gasteiger partial charge in [-0.25, -0.2) is 4.98 Å². The highest BCUT2D eigenvalue weighted by Crippen LogP contribution is 2.29. The Labute approximate surface area is 163 Å². The lowest BCUT2D eigenvalue weighted by Crippen LogP contribution is -2.33. The summed E-state index contributed by atoms with van der Waals surface area (Å²) in [5.74, 6) is 0.610. The maximum atomic E-state index is 13.0. The molecule has 0 aromatic carbocycles. The Morgan fingerprint density at radius 2 is 2.37 bits per heavy atom. The Bertz CT molecular complexity index is 941. The molecule has 0 aliphatic carbocycles. The number of carbonyl (C=O) groups is 1. The number of rotatable bonds is 5. The van der Waals surface area contributed by atoms with Gasteiger partial charge in [0.05, 0.1) is 27.2 Å². The summed E-state index contributed by atoms with van der Waals surface area (Å²) in [5, 5.41) is 13.9. The third kappa shape index (κ3) is 3.75. The fourth-order valence-corrected chi connectivity index (χ4v) is 4.52. The molecule has 7 heteroatoms. The number of aromatic nitrogens is 3. The van der Waals surface area contributed by atoms with Crippen molar-refractivity contribution in [2.24, 2.45) is 13.0 Å². The van der Waals surface area contributed by atoms with Gasteiger partial charge < -0.3 is 10.6 Å². The summed E-state index contributed by atoms with van der Waals surface area (Å²) in [6, 6.07) is 5.93. The molecule has 1 fully saturated rings. The van der Waals surface area contributed by atoms with Gasteiger partial charge in [-0.05, 0) is 62.7 Å². The SMILES string of the molecule is Cc1nn(C)c2nc(-c3cccs3)cc(C(=O)NCCC3CCCNC3)c12. The molecule has 1 unspecified atom stereocenters. The highest BCUT2D eigenvalue weighted by molar-refractivity contribution is 7.13. The Kier molecular flexibility index (Phi) is 5.22. The molecule has 1 aliphatic heterocycles. The number of piperidine rings is 1. The van der Waals surface area contributed by atoms with Crippen LogP contribution >= 0.6 is 11.3 Å². The van der Waals surface area contributed by atoms with E-state index in [0.717, 1.165) is 46.8 Å². The molecule has 0 radical (unpaired) electrons. The molecule has 0 bridgehead atoms. The molecule has 4 rings (SSSR count). The summed E-state index contributed by atoms with van der Waals surface area (Å²) in [4.78, 5) is 18.8. The second-order valence-electron chi connectivity index (χ2n) is 7.20. The summed E-state index contributed by atoms with van der Waals surface area (Å²) in [5.41, 5.74) is 3.07. The van der Waals surface area contributed by atoms with Crippen LogP contribution in [0.5, 0.6) is 0 Å². The van der Waals surface area contributed by atoms with Crippen LogP contribution in [-0.4, -0.2) is 40.3 Å². The van der Waals surface area contributed by atoms with E-state index in [0.29, 0.717) is 18.0 Å². The molecule has 4 heterocycles. The van der Waals surface area contributed by atoms with Crippen LogP contribution in [0.3, 0.4) is 0 Å². The van der Waals surface area contributed by atoms with Gasteiger partial charge in [-0.1, -0.05) is 6.07 Å². The molecule has 142 valence electrons. The molecule has 1 atom stereocenters. The van der Waals surface area contributed by atoms with Gasteiger partial charge in [0, 0.05) is 13.6 Å². The first kappa shape index (κ1) is 18.1. The molecule has 0 spiro atoms. The van der Waals surface area contributed by atoms with Crippen LogP contribution in [-0.2, 0) is 7.05 Å². The lowest BCUT2D eigenvalue weighted by Gasteiger charge is -2.22. The molecule has 1 amide bonds. The van der Waals surface area contributed by atoms with Gasteiger partial charge in [-0.3, -0.25) is 9.48 Å². The summed E-state index contributed by atoms with van der Waals surface area (Å²) < 4.78 is 1.76. The van der Waals surface area contributed by atoms with Gasteiger partial charge in [0.25, 0.3) is 5.91 Å². The molecule has 2 N–H and O–H groups in total. The van der Waals surface area contributed by atoms with E-state index in [-0.39, 0.29) is 5.91 Å². The number of amides is 1. The van der Waals surface area contributed by atoms with Crippen molar-refractivity contribution < 1.29 is 4.79 Å². The van der Waals surface area contributed by atoms with E-state index in [9.17, 15) is 4.79 Å². The number of hydrogen-bond donors (Lipinski definition) is 2. The number of fused-ring (bicyclic) bond motifs is 1. The first-order valence-corrected chi connectivity index (χ1v) is 10.4. The van der Waals surface area contributed by atoms with E-state index in [1.807, 2.05) is 37.6 Å². The maximum Gasteiger partial charge on any atom is 0.252 e. The van der Waals surface area contributed by atoms with Crippen LogP contribution in [0.15, 0.2) is 23.6 Å². The number of carbonyl (C=O) groups excluding carboxylic acids is 1. The normalized spacial score (nSPS) is 17.3. The molecule has 1 aliphatic rings. The van der Waals surface area contributed by atoms with Crippen molar-refractivity contribution in [3.63, 3.8) is 0 Å². The van der Waals surface area contributed by atoms with Crippen LogP contribution in [0.25, 0.3) is 21.6 Å². The summed E-state index contributed by atoms with van der Waals surface area (Å²) >= 11 is 1.62. The fraction of sp³-hybridized carbons (Fsp3) is 0.450. The van der Waals surface area contributed by atoms with Crippen molar-refractivity contribution in [2.75, 3.05) is 19.6 Å². The van der Waals surface area contributed by atoms with Crippen molar-refractivity contribution in [2.45, 2.75) is 26.2 Å². The third-order valence-electron chi connectivity index (χ3n) is 5.22. The smallest absolute Gasteiger partial charge is 0.252 e. The molecule has 1 saturated heterocycles. The minimum absolute atomic E-state index is 0.0416. The van der Waals surface area contributed by atoms with Gasteiger partial charge in [-0.2, -0.15) is 5.10 Å². The number of nitrogens with one attached hydrogen (secondary N) is 2. The highest BCUT2D eigenvalue weighted by Gasteiger charge is 2.20. The van der Waals surface area contributed by atoms with Gasteiger partial charge in [-0.15, -0.1) is 11.3 Å². The summed E-state index contributed by atoms with van der Waals surface area (Å²) in [7, 11) is 1.87. The second-order valence-corrected chi connectivity index (χ2v) is 8.14. The van der Waals surface area contributed by atoms with Crippen LogP contribution in [0.2, 0.25) is 0 Å². The number of hydrogen-bond acceptors (Lipinski definition) is 5. The maximum absolute atomic E-state index is 13.0. The first-order chi connectivity index (χ1) is 13.1. The van der Waals surface area contributed by atoms with E-state index in [2.05, 4.69) is 15.7 Å². The Balaban J connectivity index is 1.60. The van der Waals surface area contributed by atoms with Crippen LogP contribution in [0.4, 0.5) is 0 Å². The molecule has 3 aromatic rings. The molecule has 6 nitrogen and oxygen atoms in total. The lowest BCUT2D eigenvalue weighted by atomic mass is 9.96. The summed E-state index contributed by atoms with van der Waals surface area (Å²) in [6.07, 6.45) is 3.48. The zero-order valence-corrected chi connectivity index (χ0v) is 16.6. The van der Waals surface area contributed by atoms with Crippen LogP contribution in [0, 0.1) is 12.8 Å². The predicted molar refractivity (Wildman–Crippen MR) is 109 cm³/mol. The van der Waals surface area contributed by atoms with E-state index in [4.69, 9.17) is 4.98 Å². The average molecular weight is 384 g/mol. The molecule has 27 heavy (non-hydrogen) atoms. The van der Waals surface area contributed by atoms with Gasteiger partial charge in [0.1, 0.15) is 0 Å². The number of aryl methyl sites for hydroxylation is 2. The Hall–Kier alpha value is -2.25. The van der Waals surface area contributed by atoms with Crippen molar-refractivity contribution in [3.05, 3.63) is 34.8 Å². The van der Waals surface area contributed by atoms with Crippen LogP contribution in [0.1, 0.15) is 35.3 Å². The van der Waals surface area contributed by atoms with Gasteiger partial charge in [0.15, 0.2) is 5.65 Å². The number of nitrogens with zero attached hydrogens (tertiary/aromatic N) is 3. The topological polar surface area (TPSA) is 71.8 Å². The third-order valence-corrected chi connectivity index (χ3v) is 6.12. The Morgan fingerprint density at radius 3 is 3.11 bits per heavy atom. The summed E-state index contributed by atoms with van der Waals surface area (Å²) in [6.45, 7) is 4.80. The average Bonchev–Trinajstić information content (AvgIpc) is 3.31. The first-order valence-electron chi connectivity index (χ1n) is 9.50. The van der Waals surface area contributed by atoms with Crippen LogP contribution < -0.4 is 10.6 Å². The van der Waals surface area contributed by atoms with Crippen molar-refractivity contribution in [1.29, 1.82) is 0 Å². The quantitative estimate of drug-likeness (QED) is 0.710. The standard InChI is InChI=1S/C20H25N5OS/c1-13-18-15(20(26)22-9-7-14-5-3-8-21-12-14)11-16(17-6-4-10-27-17)23-19(18)25(2)24-13/h4,6,10-11,14,21H,3,5,7-9,12H2,1-2H3,(H,22,26). The number of thiophene rings is 1. The van der Waals surface area contributed by atoms with Crippen molar-refractivity contribution in [3.8, 4) is 10.6 Å². The molecular weight excluding hydrogens is 358 g/mol. The Morgan fingerprint density at radius 1 is 1.48 bits per heavy atom. The minimum atomic E-state index is -0.0416. The van der Waals surface area contributed by atoms with E-state index in [1.54, 1.807) is 16.0 Å². The molecule has 3 aromatic heterocycles. The molecule has 0 saturated carbocycles. The minimum Gasteiger partial charge on any atom is -0.352 e. The fourth-order valence-electron chi connectivity index (χ4n) is 3.83. The lowest BCUT2D eigenvalue weighted by molar-refractivity contribution is 0.0952. The monoisotopic (exact) mass is 383 g/mol. The van der Waals surface area contributed by atoms with E-state index >= 15 is 0 Å². The zero-order valence-electron chi connectivity index (χ0n) is 15.8. The number of pyridine rings is 1. The van der Waals surface area contributed by atoms with Gasteiger partial charge in [0.2, 0.25) is 0 Å². The highest BCUT2D eigenvalue weighted by atomic mass is 32.1. The zero-order chi connectivity index (χ0) is 18.8. The van der Waals surface area contributed by atoms with Crippen molar-refractivity contribution >= 4 is 28.3 Å².